The highest BCUT2D eigenvalue weighted by atomic mass is 32.2. The molecule has 0 fully saturated rings. The highest BCUT2D eigenvalue weighted by Crippen LogP contribution is 2.20. The van der Waals surface area contributed by atoms with Gasteiger partial charge in [-0.2, -0.15) is 11.8 Å². The van der Waals surface area contributed by atoms with Gasteiger partial charge in [0.05, 0.1) is 4.92 Å². The van der Waals surface area contributed by atoms with Crippen LogP contribution >= 0.6 is 11.8 Å². The fraction of sp³-hybridized carbons (Fsp3) is 0.500. The number of benzene rings is 1. The van der Waals surface area contributed by atoms with Gasteiger partial charge < -0.3 is 5.32 Å². The molecule has 4 nitrogen and oxygen atoms in total. The van der Waals surface area contributed by atoms with E-state index in [-0.39, 0.29) is 15.4 Å². The van der Waals surface area contributed by atoms with Crippen LogP contribution in [0.5, 0.6) is 0 Å². The lowest BCUT2D eigenvalue weighted by atomic mass is 10.1. The summed E-state index contributed by atoms with van der Waals surface area (Å²) in [7, 11) is 0. The first-order valence-electron chi connectivity index (χ1n) is 5.44. The van der Waals surface area contributed by atoms with Crippen molar-refractivity contribution in [2.45, 2.75) is 25.1 Å². The minimum atomic E-state index is -0.366. The van der Waals surface area contributed by atoms with Crippen molar-refractivity contribution in [1.29, 1.82) is 0 Å². The number of nitrogens with zero attached hydrogens (tertiary/aromatic N) is 1. The smallest absolute Gasteiger partial charge is 0.269 e. The largest absolute Gasteiger partial charge is 0.311 e. The summed E-state index contributed by atoms with van der Waals surface area (Å²) in [5.41, 5.74) is 1.09. The van der Waals surface area contributed by atoms with Crippen molar-refractivity contribution >= 4 is 17.4 Å². The van der Waals surface area contributed by atoms with Crippen molar-refractivity contribution in [3.8, 4) is 0 Å². The second-order valence-electron chi connectivity index (χ2n) is 4.49. The molecule has 0 amide bonds. The predicted molar refractivity (Wildman–Crippen MR) is 72.4 cm³/mol. The van der Waals surface area contributed by atoms with E-state index in [4.69, 9.17) is 0 Å². The van der Waals surface area contributed by atoms with E-state index < -0.39 is 0 Å². The Morgan fingerprint density at radius 1 is 1.47 bits per heavy atom. The number of hydrogen-bond acceptors (Lipinski definition) is 4. The lowest BCUT2D eigenvalue weighted by molar-refractivity contribution is -0.384. The van der Waals surface area contributed by atoms with Gasteiger partial charge in [0.1, 0.15) is 0 Å². The summed E-state index contributed by atoms with van der Waals surface area (Å²) < 4.78 is 0.181. The average Bonchev–Trinajstić information content (AvgIpc) is 2.29. The van der Waals surface area contributed by atoms with E-state index >= 15 is 0 Å². The van der Waals surface area contributed by atoms with Gasteiger partial charge in [0.15, 0.2) is 0 Å². The summed E-state index contributed by atoms with van der Waals surface area (Å²) in [6.45, 7) is 5.86. The molecule has 0 saturated heterocycles. The molecule has 0 bridgehead atoms. The highest BCUT2D eigenvalue weighted by Gasteiger charge is 2.14. The second kappa shape index (κ2) is 6.02. The summed E-state index contributed by atoms with van der Waals surface area (Å²) in [4.78, 5) is 10.2. The number of non-ortho nitro benzene ring substituents is 1. The molecule has 94 valence electrons. The molecule has 0 saturated carbocycles. The van der Waals surface area contributed by atoms with Crippen molar-refractivity contribution in [3.05, 3.63) is 39.9 Å². The summed E-state index contributed by atoms with van der Waals surface area (Å²) in [6, 6.07) is 6.73. The zero-order valence-corrected chi connectivity index (χ0v) is 11.2. The van der Waals surface area contributed by atoms with Crippen LogP contribution in [-0.4, -0.2) is 22.5 Å². The van der Waals surface area contributed by atoms with E-state index in [1.165, 1.54) is 6.07 Å². The third-order valence-electron chi connectivity index (χ3n) is 2.55. The molecule has 0 aromatic heterocycles. The molecule has 0 spiro atoms. The SMILES string of the molecule is CSC(C)(C)CNCc1cccc([N+](=O)[O-])c1. The molecule has 0 atom stereocenters. The Morgan fingerprint density at radius 2 is 2.18 bits per heavy atom. The fourth-order valence-electron chi connectivity index (χ4n) is 1.36. The third kappa shape index (κ3) is 4.75. The quantitative estimate of drug-likeness (QED) is 0.626. The zero-order chi connectivity index (χ0) is 12.9. The minimum absolute atomic E-state index is 0.147. The molecule has 0 aliphatic heterocycles. The molecule has 1 N–H and O–H groups in total. The van der Waals surface area contributed by atoms with Gasteiger partial charge in [-0.3, -0.25) is 10.1 Å². The van der Waals surface area contributed by atoms with E-state index in [2.05, 4.69) is 25.4 Å². The van der Waals surface area contributed by atoms with Crippen LogP contribution < -0.4 is 5.32 Å². The third-order valence-corrected chi connectivity index (χ3v) is 3.80. The van der Waals surface area contributed by atoms with Crippen LogP contribution in [-0.2, 0) is 6.54 Å². The predicted octanol–water partition coefficient (Wildman–Crippen LogP) is 2.83. The number of rotatable bonds is 6. The van der Waals surface area contributed by atoms with Crippen LogP contribution in [0.15, 0.2) is 24.3 Å². The van der Waals surface area contributed by atoms with Gasteiger partial charge in [-0.1, -0.05) is 12.1 Å². The Bertz CT molecular complexity index is 394. The molecule has 1 aromatic rings. The summed E-state index contributed by atoms with van der Waals surface area (Å²) >= 11 is 1.80. The number of nitro benzene ring substituents is 1. The molecule has 0 heterocycles. The Morgan fingerprint density at radius 3 is 2.76 bits per heavy atom. The van der Waals surface area contributed by atoms with Crippen LogP contribution in [0.2, 0.25) is 0 Å². The lowest BCUT2D eigenvalue weighted by Crippen LogP contribution is -2.31. The van der Waals surface area contributed by atoms with Gasteiger partial charge in [-0.15, -0.1) is 0 Å². The summed E-state index contributed by atoms with van der Waals surface area (Å²) in [5, 5.41) is 13.9. The molecular formula is C12H18N2O2S. The second-order valence-corrected chi connectivity index (χ2v) is 6.01. The molecule has 0 aliphatic rings. The summed E-state index contributed by atoms with van der Waals surface area (Å²) in [5.74, 6) is 0. The van der Waals surface area contributed by atoms with E-state index in [1.54, 1.807) is 23.9 Å². The van der Waals surface area contributed by atoms with Crippen molar-refractivity contribution in [2.75, 3.05) is 12.8 Å². The van der Waals surface area contributed by atoms with Gasteiger partial charge in [0.25, 0.3) is 5.69 Å². The monoisotopic (exact) mass is 254 g/mol. The fourth-order valence-corrected chi connectivity index (χ4v) is 1.61. The van der Waals surface area contributed by atoms with Crippen LogP contribution in [0.3, 0.4) is 0 Å². The molecule has 1 rings (SSSR count). The Balaban J connectivity index is 2.52. The maximum Gasteiger partial charge on any atom is 0.269 e. The van der Waals surface area contributed by atoms with E-state index in [0.717, 1.165) is 12.1 Å². The Labute approximate surface area is 106 Å². The number of hydrogen-bond donors (Lipinski definition) is 1. The van der Waals surface area contributed by atoms with Crippen molar-refractivity contribution in [2.24, 2.45) is 0 Å². The van der Waals surface area contributed by atoms with Gasteiger partial charge in [-0.05, 0) is 25.7 Å². The van der Waals surface area contributed by atoms with Crippen LogP contribution in [0.25, 0.3) is 0 Å². The van der Waals surface area contributed by atoms with Gasteiger partial charge in [0.2, 0.25) is 0 Å². The molecular weight excluding hydrogens is 236 g/mol. The first-order valence-corrected chi connectivity index (χ1v) is 6.66. The maximum absolute atomic E-state index is 10.6. The molecule has 0 aliphatic carbocycles. The van der Waals surface area contributed by atoms with Crippen molar-refractivity contribution in [1.82, 2.24) is 5.32 Å². The molecule has 1 aromatic carbocycles. The standard InChI is InChI=1S/C12H18N2O2S/c1-12(2,17-3)9-13-8-10-5-4-6-11(7-10)14(15)16/h4-7,13H,8-9H2,1-3H3. The molecule has 17 heavy (non-hydrogen) atoms. The first kappa shape index (κ1) is 14.0. The zero-order valence-electron chi connectivity index (χ0n) is 10.4. The molecule has 5 heteroatoms. The van der Waals surface area contributed by atoms with E-state index in [1.807, 2.05) is 6.07 Å². The Kier molecular flexibility index (Phi) is 4.96. The number of nitro groups is 1. The van der Waals surface area contributed by atoms with E-state index in [0.29, 0.717) is 6.54 Å². The Hall–Kier alpha value is -1.07. The normalized spacial score (nSPS) is 11.5. The van der Waals surface area contributed by atoms with Crippen LogP contribution in [0.1, 0.15) is 19.4 Å². The maximum atomic E-state index is 10.6. The van der Waals surface area contributed by atoms with Gasteiger partial charge in [-0.25, -0.2) is 0 Å². The van der Waals surface area contributed by atoms with E-state index in [9.17, 15) is 10.1 Å². The number of thioether (sulfide) groups is 1. The first-order chi connectivity index (χ1) is 7.94. The number of nitrogens with one attached hydrogen (secondary N) is 1. The average molecular weight is 254 g/mol. The molecule has 0 unspecified atom stereocenters. The van der Waals surface area contributed by atoms with Crippen LogP contribution in [0.4, 0.5) is 5.69 Å². The highest BCUT2D eigenvalue weighted by molar-refractivity contribution is 7.99. The molecule has 0 radical (unpaired) electrons. The van der Waals surface area contributed by atoms with Gasteiger partial charge in [0, 0.05) is 30.0 Å². The topological polar surface area (TPSA) is 55.2 Å². The lowest BCUT2D eigenvalue weighted by Gasteiger charge is -2.22. The van der Waals surface area contributed by atoms with Crippen molar-refractivity contribution in [3.63, 3.8) is 0 Å². The minimum Gasteiger partial charge on any atom is -0.311 e. The van der Waals surface area contributed by atoms with Crippen molar-refractivity contribution < 1.29 is 4.92 Å². The summed E-state index contributed by atoms with van der Waals surface area (Å²) in [6.07, 6.45) is 2.08. The van der Waals surface area contributed by atoms with Gasteiger partial charge >= 0.3 is 0 Å². The van der Waals surface area contributed by atoms with Crippen LogP contribution in [0, 0.1) is 10.1 Å².